The fraction of sp³-hybridized carbons (Fsp3) is 0.900. The highest BCUT2D eigenvalue weighted by atomic mass is 32.2. The first kappa shape index (κ1) is 26.4. The van der Waals surface area contributed by atoms with Crippen molar-refractivity contribution in [1.29, 1.82) is 0 Å². The quantitative estimate of drug-likeness (QED) is 0.109. The Morgan fingerprint density at radius 3 is 2.73 bits per heavy atom. The lowest BCUT2D eigenvalue weighted by atomic mass is 9.99. The fourth-order valence-electron chi connectivity index (χ4n) is 4.16. The summed E-state index contributed by atoms with van der Waals surface area (Å²) in [6, 6.07) is 0.328. The van der Waals surface area contributed by atoms with E-state index in [1.165, 1.54) is 0 Å². The van der Waals surface area contributed by atoms with E-state index in [0.29, 0.717) is 18.2 Å². The number of aliphatic hydroxyl groups is 4. The van der Waals surface area contributed by atoms with Crippen molar-refractivity contribution < 1.29 is 44.2 Å². The van der Waals surface area contributed by atoms with Gasteiger partial charge in [-0.05, 0) is 12.8 Å². The molecule has 0 aromatic heterocycles. The second kappa shape index (κ2) is 13.0. The number of nitrogens with one attached hydrogen (secondary N) is 3. The van der Waals surface area contributed by atoms with Crippen molar-refractivity contribution in [1.82, 2.24) is 16.0 Å². The third kappa shape index (κ3) is 7.39. The maximum absolute atomic E-state index is 11.9. The maximum atomic E-state index is 11.9. The zero-order chi connectivity index (χ0) is 23.8. The topological polar surface area (TPSA) is 179 Å². The van der Waals surface area contributed by atoms with Crippen LogP contribution < -0.4 is 16.0 Å². The zero-order valence-corrected chi connectivity index (χ0v) is 19.2. The predicted molar refractivity (Wildman–Crippen MR) is 118 cm³/mol. The molecule has 3 saturated heterocycles. The van der Waals surface area contributed by atoms with E-state index in [0.717, 1.165) is 25.0 Å². The third-order valence-corrected chi connectivity index (χ3v) is 7.52. The summed E-state index contributed by atoms with van der Waals surface area (Å²) in [6.45, 7) is 0.374. The molecular weight excluding hydrogens is 458 g/mol. The van der Waals surface area contributed by atoms with Crippen molar-refractivity contribution in [2.75, 3.05) is 38.7 Å². The van der Waals surface area contributed by atoms with Crippen molar-refractivity contribution >= 4 is 23.7 Å². The second-order valence-electron chi connectivity index (χ2n) is 8.40. The summed E-state index contributed by atoms with van der Waals surface area (Å²) >= 11 is 1.87. The van der Waals surface area contributed by atoms with Crippen molar-refractivity contribution in [3.8, 4) is 0 Å². The molecule has 8 atom stereocenters. The van der Waals surface area contributed by atoms with Gasteiger partial charge >= 0.3 is 6.03 Å². The van der Waals surface area contributed by atoms with Crippen molar-refractivity contribution in [3.63, 3.8) is 0 Å². The van der Waals surface area contributed by atoms with Gasteiger partial charge in [-0.25, -0.2) is 4.79 Å². The Morgan fingerprint density at radius 1 is 1.12 bits per heavy atom. The molecule has 0 saturated carbocycles. The first-order chi connectivity index (χ1) is 15.9. The van der Waals surface area contributed by atoms with Crippen molar-refractivity contribution in [3.05, 3.63) is 0 Å². The zero-order valence-electron chi connectivity index (χ0n) is 18.4. The van der Waals surface area contributed by atoms with E-state index in [4.69, 9.17) is 19.3 Å². The molecule has 0 aromatic carbocycles. The van der Waals surface area contributed by atoms with E-state index in [2.05, 4.69) is 16.0 Å². The minimum atomic E-state index is -1.48. The van der Waals surface area contributed by atoms with Gasteiger partial charge in [-0.1, -0.05) is 6.42 Å². The summed E-state index contributed by atoms with van der Waals surface area (Å²) in [5, 5.41) is 47.5. The Bertz CT molecular complexity index is 644. The number of carbonyl (C=O) groups excluding carboxylic acids is 2. The predicted octanol–water partition coefficient (Wildman–Crippen LogP) is -2.34. The molecule has 3 aliphatic heterocycles. The first-order valence-corrected chi connectivity index (χ1v) is 12.4. The van der Waals surface area contributed by atoms with Crippen LogP contribution in [-0.4, -0.2) is 119 Å². The number of carbonyl (C=O) groups is 2. The van der Waals surface area contributed by atoms with E-state index in [-0.39, 0.29) is 43.8 Å². The van der Waals surface area contributed by atoms with E-state index >= 15 is 0 Å². The van der Waals surface area contributed by atoms with E-state index in [1.54, 1.807) is 0 Å². The first-order valence-electron chi connectivity index (χ1n) is 11.4. The van der Waals surface area contributed by atoms with Crippen molar-refractivity contribution in [2.45, 2.75) is 73.7 Å². The minimum absolute atomic E-state index is 0.0380. The molecule has 3 amide bonds. The van der Waals surface area contributed by atoms with Crippen LogP contribution in [0.5, 0.6) is 0 Å². The summed E-state index contributed by atoms with van der Waals surface area (Å²) < 4.78 is 15.9. The third-order valence-electron chi connectivity index (χ3n) is 6.01. The second-order valence-corrected chi connectivity index (χ2v) is 9.67. The standard InChI is InChI=1S/C20H35N3O9S/c24-9-12-16(26)17(27)18(28)19(32-12)31-8-7-30-6-5-21-14(25)4-2-1-3-13-15-11(10-33-13)22-20(29)23-15/h11-13,15-19,24,26-28H,1-10H2,(H,21,25)(H2,22,23,29)/t11-,12+,13-,15-,16-,17-,18+,19+/m0/s1. The van der Waals surface area contributed by atoms with Gasteiger partial charge < -0.3 is 50.6 Å². The average molecular weight is 494 g/mol. The highest BCUT2D eigenvalue weighted by Crippen LogP contribution is 2.33. The number of amides is 3. The highest BCUT2D eigenvalue weighted by molar-refractivity contribution is 8.00. The van der Waals surface area contributed by atoms with Crippen LogP contribution in [0.4, 0.5) is 4.79 Å². The van der Waals surface area contributed by atoms with E-state index in [9.17, 15) is 24.9 Å². The number of hydrogen-bond acceptors (Lipinski definition) is 10. The number of ether oxygens (including phenoxy) is 3. The van der Waals surface area contributed by atoms with Crippen LogP contribution in [0.3, 0.4) is 0 Å². The van der Waals surface area contributed by atoms with Gasteiger partial charge in [-0.3, -0.25) is 4.79 Å². The molecule has 13 heteroatoms. The molecule has 190 valence electrons. The fourth-order valence-corrected chi connectivity index (χ4v) is 5.70. The molecular formula is C20H35N3O9S. The minimum Gasteiger partial charge on any atom is -0.394 e. The molecule has 0 unspecified atom stereocenters. The van der Waals surface area contributed by atoms with Gasteiger partial charge in [0.2, 0.25) is 5.91 Å². The molecule has 3 heterocycles. The summed E-state index contributed by atoms with van der Waals surface area (Å²) in [7, 11) is 0. The monoisotopic (exact) mass is 493 g/mol. The Balaban J connectivity index is 1.16. The molecule has 3 aliphatic rings. The van der Waals surface area contributed by atoms with Gasteiger partial charge in [-0.15, -0.1) is 0 Å². The van der Waals surface area contributed by atoms with Crippen LogP contribution >= 0.6 is 11.8 Å². The van der Waals surface area contributed by atoms with Gasteiger partial charge in [0.05, 0.1) is 38.5 Å². The molecule has 0 spiro atoms. The van der Waals surface area contributed by atoms with Crippen LogP contribution in [0.1, 0.15) is 25.7 Å². The lowest BCUT2D eigenvalue weighted by Gasteiger charge is -2.39. The largest absolute Gasteiger partial charge is 0.394 e. The Kier molecular flexibility index (Phi) is 10.4. The van der Waals surface area contributed by atoms with Crippen LogP contribution in [0.25, 0.3) is 0 Å². The number of rotatable bonds is 13. The number of thioether (sulfide) groups is 1. The normalized spacial score (nSPS) is 35.7. The molecule has 3 rings (SSSR count). The van der Waals surface area contributed by atoms with Crippen LogP contribution in [0, 0.1) is 0 Å². The smallest absolute Gasteiger partial charge is 0.315 e. The highest BCUT2D eigenvalue weighted by Gasteiger charge is 2.44. The van der Waals surface area contributed by atoms with Gasteiger partial charge in [-0.2, -0.15) is 11.8 Å². The van der Waals surface area contributed by atoms with Gasteiger partial charge in [0, 0.05) is 24.0 Å². The molecule has 0 aliphatic carbocycles. The molecule has 3 fully saturated rings. The van der Waals surface area contributed by atoms with E-state index in [1.807, 2.05) is 11.8 Å². The number of unbranched alkanes of at least 4 members (excludes halogenated alkanes) is 1. The summed E-state index contributed by atoms with van der Waals surface area (Å²) in [5.74, 6) is 0.895. The maximum Gasteiger partial charge on any atom is 0.315 e. The Labute approximate surface area is 196 Å². The van der Waals surface area contributed by atoms with Crippen LogP contribution in [0.15, 0.2) is 0 Å². The summed E-state index contributed by atoms with van der Waals surface area (Å²) in [5.41, 5.74) is 0. The summed E-state index contributed by atoms with van der Waals surface area (Å²) in [4.78, 5) is 23.3. The molecule has 12 nitrogen and oxygen atoms in total. The van der Waals surface area contributed by atoms with Gasteiger partial charge in [0.25, 0.3) is 0 Å². The van der Waals surface area contributed by atoms with Crippen LogP contribution in [-0.2, 0) is 19.0 Å². The van der Waals surface area contributed by atoms with Gasteiger partial charge in [0.15, 0.2) is 6.29 Å². The number of fused-ring (bicyclic) bond motifs is 1. The Hall–Kier alpha value is -1.19. The Morgan fingerprint density at radius 2 is 1.94 bits per heavy atom. The van der Waals surface area contributed by atoms with E-state index < -0.39 is 37.3 Å². The number of urea groups is 1. The molecule has 0 bridgehead atoms. The SMILES string of the molecule is O=C(CCCC[C@@H]1SC[C@@H]2NC(=O)N[C@@H]21)NCCOCCO[C@@H]1O[C@H](CO)[C@H](O)[C@H](O)[C@H]1O. The van der Waals surface area contributed by atoms with Crippen molar-refractivity contribution in [2.24, 2.45) is 0 Å². The van der Waals surface area contributed by atoms with Gasteiger partial charge in [0.1, 0.15) is 24.4 Å². The van der Waals surface area contributed by atoms with Crippen LogP contribution in [0.2, 0.25) is 0 Å². The molecule has 33 heavy (non-hydrogen) atoms. The molecule has 0 radical (unpaired) electrons. The average Bonchev–Trinajstić information content (AvgIpc) is 3.35. The molecule has 7 N–H and O–H groups in total. The summed E-state index contributed by atoms with van der Waals surface area (Å²) in [6.07, 6.45) is -3.42. The number of aliphatic hydroxyl groups excluding tert-OH is 4. The lowest BCUT2D eigenvalue weighted by molar-refractivity contribution is -0.302. The number of hydrogen-bond donors (Lipinski definition) is 7. The lowest BCUT2D eigenvalue weighted by Crippen LogP contribution is -2.59. The molecule has 0 aromatic rings.